The fourth-order valence-corrected chi connectivity index (χ4v) is 3.23. The van der Waals surface area contributed by atoms with Crippen LogP contribution in [0, 0.1) is 0 Å². The summed E-state index contributed by atoms with van der Waals surface area (Å²) in [5.74, 6) is 0.830. The summed E-state index contributed by atoms with van der Waals surface area (Å²) in [6, 6.07) is 0. The van der Waals surface area contributed by atoms with Crippen molar-refractivity contribution in [1.82, 2.24) is 9.97 Å². The predicted molar refractivity (Wildman–Crippen MR) is 108 cm³/mol. The van der Waals surface area contributed by atoms with Gasteiger partial charge in [-0.05, 0) is 25.7 Å². The topological polar surface area (TPSA) is 130 Å². The molecule has 1 aliphatic carbocycles. The SMILES string of the molecule is COCCOCOCCC(=O)C1=Nc2c(nc(N)nc2OC2CCCCC2)NC1. The first kappa shape index (κ1) is 21.4. The summed E-state index contributed by atoms with van der Waals surface area (Å²) < 4.78 is 21.5. The highest BCUT2D eigenvalue weighted by Gasteiger charge is 2.25. The maximum absolute atomic E-state index is 12.5. The second kappa shape index (κ2) is 11.0. The lowest BCUT2D eigenvalue weighted by Crippen LogP contribution is -2.28. The number of fused-ring (bicyclic) bond motifs is 1. The Hall–Kier alpha value is -2.30. The number of anilines is 2. The van der Waals surface area contributed by atoms with Crippen LogP contribution in [-0.2, 0) is 19.0 Å². The Balaban J connectivity index is 1.59. The Morgan fingerprint density at radius 3 is 2.72 bits per heavy atom. The molecule has 0 bridgehead atoms. The first-order valence-electron chi connectivity index (χ1n) is 10.0. The van der Waals surface area contributed by atoms with Crippen molar-refractivity contribution in [2.75, 3.05) is 51.3 Å². The number of carbonyl (C=O) groups excluding carboxylic acids is 1. The molecular weight excluding hydrogens is 378 g/mol. The van der Waals surface area contributed by atoms with Gasteiger partial charge in [-0.1, -0.05) is 6.42 Å². The van der Waals surface area contributed by atoms with Gasteiger partial charge in [-0.3, -0.25) is 4.79 Å². The van der Waals surface area contributed by atoms with Crippen LogP contribution in [0.25, 0.3) is 0 Å². The molecule has 1 aliphatic heterocycles. The maximum Gasteiger partial charge on any atom is 0.247 e. The number of Topliss-reactive ketones (excluding diaryl/α,β-unsaturated/α-hetero) is 1. The van der Waals surface area contributed by atoms with E-state index in [2.05, 4.69) is 20.3 Å². The number of rotatable bonds is 11. The molecule has 29 heavy (non-hydrogen) atoms. The number of carbonyl (C=O) groups is 1. The summed E-state index contributed by atoms with van der Waals surface area (Å²) in [5, 5.41) is 3.09. The van der Waals surface area contributed by atoms with Gasteiger partial charge in [0.2, 0.25) is 11.8 Å². The van der Waals surface area contributed by atoms with Crippen LogP contribution >= 0.6 is 0 Å². The monoisotopic (exact) mass is 407 g/mol. The molecule has 3 rings (SSSR count). The third kappa shape index (κ3) is 6.34. The summed E-state index contributed by atoms with van der Waals surface area (Å²) in [4.78, 5) is 25.4. The van der Waals surface area contributed by atoms with Crippen LogP contribution in [-0.4, -0.2) is 67.8 Å². The van der Waals surface area contributed by atoms with Gasteiger partial charge in [0, 0.05) is 13.5 Å². The van der Waals surface area contributed by atoms with Crippen LogP contribution in [0.1, 0.15) is 38.5 Å². The van der Waals surface area contributed by atoms with E-state index in [0.717, 1.165) is 25.7 Å². The first-order valence-corrected chi connectivity index (χ1v) is 10.0. The van der Waals surface area contributed by atoms with E-state index in [1.807, 2.05) is 0 Å². The molecule has 10 nitrogen and oxygen atoms in total. The molecule has 3 N–H and O–H groups in total. The Morgan fingerprint density at radius 1 is 1.14 bits per heavy atom. The fraction of sp³-hybridized carbons (Fsp3) is 0.684. The molecule has 1 fully saturated rings. The zero-order valence-corrected chi connectivity index (χ0v) is 16.8. The van der Waals surface area contributed by atoms with Crippen molar-refractivity contribution in [3.05, 3.63) is 0 Å². The van der Waals surface area contributed by atoms with E-state index in [0.29, 0.717) is 36.3 Å². The van der Waals surface area contributed by atoms with Gasteiger partial charge in [0.25, 0.3) is 0 Å². The van der Waals surface area contributed by atoms with Crippen molar-refractivity contribution < 1.29 is 23.7 Å². The first-order chi connectivity index (χ1) is 14.2. The van der Waals surface area contributed by atoms with Crippen LogP contribution in [0.4, 0.5) is 17.5 Å². The van der Waals surface area contributed by atoms with Crippen molar-refractivity contribution in [2.45, 2.75) is 44.6 Å². The average Bonchev–Trinajstić information content (AvgIpc) is 2.73. The number of nitrogens with one attached hydrogen (secondary N) is 1. The van der Waals surface area contributed by atoms with E-state index in [4.69, 9.17) is 24.7 Å². The minimum atomic E-state index is -0.111. The Labute approximate surface area is 170 Å². The Bertz CT molecular complexity index is 721. The molecule has 10 heteroatoms. The number of nitrogens with zero attached hydrogens (tertiary/aromatic N) is 3. The number of aromatic nitrogens is 2. The molecule has 2 heterocycles. The highest BCUT2D eigenvalue weighted by atomic mass is 16.7. The van der Waals surface area contributed by atoms with Crippen LogP contribution in [0.2, 0.25) is 0 Å². The lowest BCUT2D eigenvalue weighted by atomic mass is 9.98. The molecule has 0 amide bonds. The number of hydrogen-bond donors (Lipinski definition) is 2. The van der Waals surface area contributed by atoms with Gasteiger partial charge in [-0.15, -0.1) is 0 Å². The minimum Gasteiger partial charge on any atom is -0.473 e. The van der Waals surface area contributed by atoms with Crippen LogP contribution in [0.5, 0.6) is 5.88 Å². The van der Waals surface area contributed by atoms with Crippen LogP contribution in [0.3, 0.4) is 0 Å². The average molecular weight is 407 g/mol. The smallest absolute Gasteiger partial charge is 0.247 e. The molecule has 1 saturated carbocycles. The molecule has 0 spiro atoms. The van der Waals surface area contributed by atoms with E-state index < -0.39 is 0 Å². The highest BCUT2D eigenvalue weighted by molar-refractivity contribution is 6.42. The number of nitrogen functional groups attached to an aromatic ring is 1. The predicted octanol–water partition coefficient (Wildman–Crippen LogP) is 1.86. The molecule has 0 unspecified atom stereocenters. The van der Waals surface area contributed by atoms with Crippen molar-refractivity contribution in [2.24, 2.45) is 4.99 Å². The van der Waals surface area contributed by atoms with Crippen molar-refractivity contribution >= 4 is 28.9 Å². The van der Waals surface area contributed by atoms with Crippen LogP contribution < -0.4 is 15.8 Å². The highest BCUT2D eigenvalue weighted by Crippen LogP contribution is 2.37. The minimum absolute atomic E-state index is 0.0879. The third-order valence-electron chi connectivity index (χ3n) is 4.76. The Morgan fingerprint density at radius 2 is 1.93 bits per heavy atom. The number of aliphatic imine (C=N–C) groups is 1. The number of methoxy groups -OCH3 is 1. The van der Waals surface area contributed by atoms with Crippen molar-refractivity contribution in [3.63, 3.8) is 0 Å². The molecule has 2 aliphatic rings. The number of hydrogen-bond acceptors (Lipinski definition) is 10. The number of nitrogens with two attached hydrogens (primary N) is 1. The Kier molecular flexibility index (Phi) is 8.14. The van der Waals surface area contributed by atoms with Gasteiger partial charge in [-0.25, -0.2) is 4.99 Å². The summed E-state index contributed by atoms with van der Waals surface area (Å²) in [7, 11) is 1.60. The molecular formula is C19H29N5O5. The quantitative estimate of drug-likeness (QED) is 0.417. The third-order valence-corrected chi connectivity index (χ3v) is 4.76. The van der Waals surface area contributed by atoms with E-state index in [1.165, 1.54) is 6.42 Å². The normalized spacial score (nSPS) is 16.7. The second-order valence-electron chi connectivity index (χ2n) is 6.97. The lowest BCUT2D eigenvalue weighted by Gasteiger charge is -2.24. The summed E-state index contributed by atoms with van der Waals surface area (Å²) in [6.07, 6.45) is 5.74. The largest absolute Gasteiger partial charge is 0.473 e. The zero-order chi connectivity index (χ0) is 20.5. The van der Waals surface area contributed by atoms with Gasteiger partial charge in [0.05, 0.1) is 26.4 Å². The second-order valence-corrected chi connectivity index (χ2v) is 6.97. The maximum atomic E-state index is 12.5. The molecule has 1 aromatic rings. The number of ether oxygens (including phenoxy) is 4. The molecule has 160 valence electrons. The van der Waals surface area contributed by atoms with E-state index in [9.17, 15) is 4.79 Å². The van der Waals surface area contributed by atoms with Gasteiger partial charge in [0.15, 0.2) is 17.3 Å². The molecule has 0 saturated heterocycles. The van der Waals surface area contributed by atoms with Gasteiger partial charge in [-0.2, -0.15) is 9.97 Å². The van der Waals surface area contributed by atoms with Gasteiger partial charge >= 0.3 is 0 Å². The zero-order valence-electron chi connectivity index (χ0n) is 16.8. The summed E-state index contributed by atoms with van der Waals surface area (Å²) in [6.45, 7) is 1.60. The van der Waals surface area contributed by atoms with E-state index >= 15 is 0 Å². The molecule has 1 aromatic heterocycles. The van der Waals surface area contributed by atoms with E-state index in [-0.39, 0.29) is 44.2 Å². The van der Waals surface area contributed by atoms with Crippen molar-refractivity contribution in [1.29, 1.82) is 0 Å². The summed E-state index contributed by atoms with van der Waals surface area (Å²) >= 11 is 0. The standard InChI is InChI=1S/C19H29N5O5/c1-26-9-10-28-12-27-8-7-15(25)14-11-21-17-16(22-14)18(24-19(20)23-17)29-13-5-3-2-4-6-13/h13H,2-12H2,1H3,(H3,20,21,23,24). The van der Waals surface area contributed by atoms with Crippen molar-refractivity contribution in [3.8, 4) is 5.88 Å². The van der Waals surface area contributed by atoms with Gasteiger partial charge in [0.1, 0.15) is 18.6 Å². The number of ketones is 1. The summed E-state index contributed by atoms with van der Waals surface area (Å²) in [5.41, 5.74) is 6.64. The lowest BCUT2D eigenvalue weighted by molar-refractivity contribution is -0.116. The van der Waals surface area contributed by atoms with Crippen LogP contribution in [0.15, 0.2) is 4.99 Å². The molecule has 0 atom stereocenters. The van der Waals surface area contributed by atoms with E-state index in [1.54, 1.807) is 7.11 Å². The van der Waals surface area contributed by atoms with Gasteiger partial charge < -0.3 is 30.0 Å². The fourth-order valence-electron chi connectivity index (χ4n) is 3.23. The molecule has 0 aromatic carbocycles. The molecule has 0 radical (unpaired) electrons.